The van der Waals surface area contributed by atoms with Crippen LogP contribution in [0, 0.1) is 17.2 Å². The van der Waals surface area contributed by atoms with Crippen molar-refractivity contribution in [2.24, 2.45) is 10.9 Å². The van der Waals surface area contributed by atoms with E-state index in [1.807, 2.05) is 31.2 Å². The van der Waals surface area contributed by atoms with Gasteiger partial charge < -0.3 is 0 Å². The van der Waals surface area contributed by atoms with Gasteiger partial charge in [0, 0.05) is 22.2 Å². The highest BCUT2D eigenvalue weighted by atomic mass is 35.5. The first-order valence-corrected chi connectivity index (χ1v) is 6.32. The Bertz CT molecular complexity index is 695. The molecular formula is C14H11ClN4. The Morgan fingerprint density at radius 1 is 1.32 bits per heavy atom. The molecule has 2 heterocycles. The minimum Gasteiger partial charge on any atom is -0.261 e. The molecule has 19 heavy (non-hydrogen) atoms. The monoisotopic (exact) mass is 270 g/mol. The number of nitrogens with one attached hydrogen (secondary N) is 1. The Morgan fingerprint density at radius 2 is 2.11 bits per heavy atom. The topological polar surface area (TPSA) is 64.8 Å². The fourth-order valence-corrected chi connectivity index (χ4v) is 2.77. The quantitative estimate of drug-likeness (QED) is 0.863. The number of aromatic amines is 1. The first kappa shape index (κ1) is 11.9. The largest absolute Gasteiger partial charge is 0.261 e. The number of H-pyrrole nitrogens is 1. The van der Waals surface area contributed by atoms with E-state index in [9.17, 15) is 5.26 Å². The van der Waals surface area contributed by atoms with Crippen molar-refractivity contribution in [2.75, 3.05) is 0 Å². The van der Waals surface area contributed by atoms with Gasteiger partial charge in [0.05, 0.1) is 18.2 Å². The van der Waals surface area contributed by atoms with E-state index >= 15 is 0 Å². The SMILES string of the molecule is CC1=Nc2[nH]ncc2C(c2ccccc2Cl)C1C#N. The van der Waals surface area contributed by atoms with Gasteiger partial charge in [0.1, 0.15) is 0 Å². The van der Waals surface area contributed by atoms with E-state index in [0.717, 1.165) is 16.8 Å². The highest BCUT2D eigenvalue weighted by molar-refractivity contribution is 6.31. The molecule has 0 spiro atoms. The fourth-order valence-electron chi connectivity index (χ4n) is 2.51. The van der Waals surface area contributed by atoms with Crippen molar-refractivity contribution in [3.05, 3.63) is 46.6 Å². The Morgan fingerprint density at radius 3 is 2.84 bits per heavy atom. The number of rotatable bonds is 1. The van der Waals surface area contributed by atoms with Gasteiger partial charge in [-0.2, -0.15) is 10.4 Å². The van der Waals surface area contributed by atoms with E-state index < -0.39 is 0 Å². The van der Waals surface area contributed by atoms with Crippen molar-refractivity contribution < 1.29 is 0 Å². The summed E-state index contributed by atoms with van der Waals surface area (Å²) in [5, 5.41) is 17.0. The predicted molar refractivity (Wildman–Crippen MR) is 73.8 cm³/mol. The van der Waals surface area contributed by atoms with Crippen LogP contribution in [0.25, 0.3) is 0 Å². The summed E-state index contributed by atoms with van der Waals surface area (Å²) in [6, 6.07) is 9.93. The van der Waals surface area contributed by atoms with Crippen LogP contribution in [0.1, 0.15) is 24.0 Å². The summed E-state index contributed by atoms with van der Waals surface area (Å²) in [5.41, 5.74) is 2.64. The summed E-state index contributed by atoms with van der Waals surface area (Å²) in [6.45, 7) is 1.86. The van der Waals surface area contributed by atoms with Crippen LogP contribution in [0.15, 0.2) is 35.5 Å². The number of fused-ring (bicyclic) bond motifs is 1. The van der Waals surface area contributed by atoms with Crippen LogP contribution in [-0.2, 0) is 0 Å². The lowest BCUT2D eigenvalue weighted by Crippen LogP contribution is -2.23. The van der Waals surface area contributed by atoms with Crippen LogP contribution in [-0.4, -0.2) is 15.9 Å². The molecule has 94 valence electrons. The summed E-state index contributed by atoms with van der Waals surface area (Å²) in [4.78, 5) is 4.40. The minimum absolute atomic E-state index is 0.120. The number of hydrogen-bond acceptors (Lipinski definition) is 3. The number of hydrogen-bond donors (Lipinski definition) is 1. The van der Waals surface area contributed by atoms with Crippen molar-refractivity contribution in [3.63, 3.8) is 0 Å². The molecular weight excluding hydrogens is 260 g/mol. The maximum absolute atomic E-state index is 9.44. The first-order valence-electron chi connectivity index (χ1n) is 5.95. The highest BCUT2D eigenvalue weighted by Crippen LogP contribution is 2.42. The maximum atomic E-state index is 9.44. The van der Waals surface area contributed by atoms with Crippen molar-refractivity contribution in [1.82, 2.24) is 10.2 Å². The average molecular weight is 271 g/mol. The third-order valence-corrected chi connectivity index (χ3v) is 3.78. The first-order chi connectivity index (χ1) is 9.22. The number of nitriles is 1. The average Bonchev–Trinajstić information content (AvgIpc) is 2.85. The number of aliphatic imine (C=N–C) groups is 1. The molecule has 0 radical (unpaired) electrons. The standard InChI is InChI=1S/C14H11ClN4/c1-8-10(6-16)13(9-4-2-3-5-12(9)15)11-7-17-19-14(11)18-8/h2-5,7,10,13H,1H3,(H,17,19). The van der Waals surface area contributed by atoms with Crippen molar-refractivity contribution in [2.45, 2.75) is 12.8 Å². The highest BCUT2D eigenvalue weighted by Gasteiger charge is 2.34. The molecule has 0 amide bonds. The van der Waals surface area contributed by atoms with E-state index in [4.69, 9.17) is 11.6 Å². The molecule has 3 rings (SSSR count). The Balaban J connectivity index is 2.22. The Kier molecular flexibility index (Phi) is 2.84. The van der Waals surface area contributed by atoms with Crippen LogP contribution >= 0.6 is 11.6 Å². The van der Waals surface area contributed by atoms with E-state index in [2.05, 4.69) is 21.3 Å². The molecule has 4 nitrogen and oxygen atoms in total. The molecule has 2 aromatic rings. The van der Waals surface area contributed by atoms with Gasteiger partial charge in [-0.3, -0.25) is 5.10 Å². The summed E-state index contributed by atoms with van der Waals surface area (Å²) >= 11 is 6.28. The normalized spacial score (nSPS) is 21.4. The number of halogens is 1. The second-order valence-electron chi connectivity index (χ2n) is 4.53. The van der Waals surface area contributed by atoms with Crippen LogP contribution in [0.2, 0.25) is 5.02 Å². The summed E-state index contributed by atoms with van der Waals surface area (Å²) in [5.74, 6) is 0.281. The number of benzene rings is 1. The smallest absolute Gasteiger partial charge is 0.151 e. The molecule has 2 atom stereocenters. The van der Waals surface area contributed by atoms with Crippen LogP contribution < -0.4 is 0 Å². The lowest BCUT2D eigenvalue weighted by atomic mass is 9.78. The molecule has 0 saturated carbocycles. The third-order valence-electron chi connectivity index (χ3n) is 3.43. The second kappa shape index (κ2) is 4.52. The van der Waals surface area contributed by atoms with E-state index in [1.54, 1.807) is 6.20 Å². The molecule has 1 aromatic heterocycles. The van der Waals surface area contributed by atoms with E-state index in [1.165, 1.54) is 0 Å². The van der Waals surface area contributed by atoms with Gasteiger partial charge in [-0.15, -0.1) is 0 Å². The molecule has 5 heteroatoms. The molecule has 2 unspecified atom stereocenters. The molecule has 0 saturated heterocycles. The number of nitrogens with zero attached hydrogens (tertiary/aromatic N) is 3. The van der Waals surface area contributed by atoms with Gasteiger partial charge in [-0.05, 0) is 18.6 Å². The van der Waals surface area contributed by atoms with Gasteiger partial charge in [-0.25, -0.2) is 4.99 Å². The molecule has 1 aliphatic rings. The van der Waals surface area contributed by atoms with E-state index in [-0.39, 0.29) is 11.8 Å². The van der Waals surface area contributed by atoms with Crippen molar-refractivity contribution >= 4 is 23.1 Å². The predicted octanol–water partition coefficient (Wildman–Crippen LogP) is 3.44. The van der Waals surface area contributed by atoms with Gasteiger partial charge in [0.15, 0.2) is 5.82 Å². The Hall–Kier alpha value is -2.12. The lowest BCUT2D eigenvalue weighted by molar-refractivity contribution is 0.716. The van der Waals surface area contributed by atoms with Crippen molar-refractivity contribution in [1.29, 1.82) is 5.26 Å². The number of aromatic nitrogens is 2. The van der Waals surface area contributed by atoms with Gasteiger partial charge in [-0.1, -0.05) is 29.8 Å². The summed E-state index contributed by atoms with van der Waals surface area (Å²) in [7, 11) is 0. The lowest BCUT2D eigenvalue weighted by Gasteiger charge is -2.26. The van der Waals surface area contributed by atoms with Gasteiger partial charge >= 0.3 is 0 Å². The maximum Gasteiger partial charge on any atom is 0.151 e. The fraction of sp³-hybridized carbons (Fsp3) is 0.214. The van der Waals surface area contributed by atoms with Gasteiger partial charge in [0.25, 0.3) is 0 Å². The molecule has 0 fully saturated rings. The third kappa shape index (κ3) is 1.83. The molecule has 1 N–H and O–H groups in total. The summed E-state index contributed by atoms with van der Waals surface area (Å²) in [6.07, 6.45) is 1.73. The summed E-state index contributed by atoms with van der Waals surface area (Å²) < 4.78 is 0. The minimum atomic E-state index is -0.315. The molecule has 1 aromatic carbocycles. The van der Waals surface area contributed by atoms with Crippen LogP contribution in [0.5, 0.6) is 0 Å². The zero-order valence-electron chi connectivity index (χ0n) is 10.3. The molecule has 1 aliphatic heterocycles. The zero-order valence-corrected chi connectivity index (χ0v) is 11.0. The molecule has 0 bridgehead atoms. The second-order valence-corrected chi connectivity index (χ2v) is 4.94. The van der Waals surface area contributed by atoms with Crippen LogP contribution in [0.4, 0.5) is 5.82 Å². The zero-order chi connectivity index (χ0) is 13.4. The van der Waals surface area contributed by atoms with Gasteiger partial charge in [0.2, 0.25) is 0 Å². The van der Waals surface area contributed by atoms with Crippen molar-refractivity contribution in [3.8, 4) is 6.07 Å². The van der Waals surface area contributed by atoms with E-state index in [0.29, 0.717) is 10.8 Å². The Labute approximate surface area is 115 Å². The van der Waals surface area contributed by atoms with Crippen LogP contribution in [0.3, 0.4) is 0 Å². The molecule has 0 aliphatic carbocycles.